The molecule has 0 saturated carbocycles. The number of alkyl halides is 3. The molecule has 0 amide bonds. The van der Waals surface area contributed by atoms with Crippen LogP contribution >= 0.6 is 11.3 Å². The van der Waals surface area contributed by atoms with E-state index < -0.39 is 17.8 Å². The molecule has 0 radical (unpaired) electrons. The third kappa shape index (κ3) is 2.88. The zero-order chi connectivity index (χ0) is 14.9. The number of aliphatic hydroxyl groups is 1. The van der Waals surface area contributed by atoms with Gasteiger partial charge < -0.3 is 5.11 Å². The molecule has 0 bridgehead atoms. The highest BCUT2D eigenvalue weighted by atomic mass is 32.1. The fourth-order valence-electron chi connectivity index (χ4n) is 2.18. The molecule has 1 unspecified atom stereocenters. The first-order chi connectivity index (χ1) is 9.34. The van der Waals surface area contributed by atoms with Gasteiger partial charge in [0.1, 0.15) is 6.10 Å². The number of hydrogen-bond donors (Lipinski definition) is 1. The molecule has 108 valence electrons. The number of hydrogen-bond acceptors (Lipinski definition) is 2. The Balaban J connectivity index is 2.39. The van der Waals surface area contributed by atoms with Crippen molar-refractivity contribution in [3.05, 3.63) is 56.8 Å². The number of benzene rings is 1. The SMILES string of the molecule is CCc1ccsc1C(O)c1ccc(C(F)(F)F)cc1C. The van der Waals surface area contributed by atoms with Gasteiger partial charge in [-0.05, 0) is 53.6 Å². The van der Waals surface area contributed by atoms with Crippen molar-refractivity contribution in [2.24, 2.45) is 0 Å². The summed E-state index contributed by atoms with van der Waals surface area (Å²) >= 11 is 1.42. The Morgan fingerprint density at radius 1 is 1.25 bits per heavy atom. The maximum absolute atomic E-state index is 12.6. The fourth-order valence-corrected chi connectivity index (χ4v) is 3.18. The first-order valence-corrected chi connectivity index (χ1v) is 7.14. The first kappa shape index (κ1) is 15.1. The molecule has 1 aromatic heterocycles. The second-order valence-corrected chi connectivity index (χ2v) is 5.58. The highest BCUT2D eigenvalue weighted by Crippen LogP contribution is 2.35. The quantitative estimate of drug-likeness (QED) is 0.869. The predicted octanol–water partition coefficient (Wildman–Crippen LogP) is 4.72. The van der Waals surface area contributed by atoms with E-state index in [-0.39, 0.29) is 0 Å². The summed E-state index contributed by atoms with van der Waals surface area (Å²) in [7, 11) is 0. The topological polar surface area (TPSA) is 20.2 Å². The lowest BCUT2D eigenvalue weighted by Gasteiger charge is -2.16. The lowest BCUT2D eigenvalue weighted by atomic mass is 9.97. The van der Waals surface area contributed by atoms with Gasteiger partial charge in [-0.1, -0.05) is 13.0 Å². The standard InChI is InChI=1S/C15H15F3OS/c1-3-10-6-7-20-14(10)13(19)12-5-4-11(8-9(12)2)15(16,17)18/h4-8,13,19H,3H2,1-2H3. The van der Waals surface area contributed by atoms with Gasteiger partial charge in [0.05, 0.1) is 5.56 Å². The molecule has 2 rings (SSSR count). The van der Waals surface area contributed by atoms with Crippen LogP contribution in [-0.4, -0.2) is 5.11 Å². The summed E-state index contributed by atoms with van der Waals surface area (Å²) in [4.78, 5) is 0.801. The number of halogens is 3. The number of rotatable bonds is 3. The van der Waals surface area contributed by atoms with Crippen LogP contribution in [-0.2, 0) is 12.6 Å². The molecule has 0 fully saturated rings. The number of thiophene rings is 1. The summed E-state index contributed by atoms with van der Waals surface area (Å²) in [5, 5.41) is 12.3. The lowest BCUT2D eigenvalue weighted by Crippen LogP contribution is -2.08. The fraction of sp³-hybridized carbons (Fsp3) is 0.333. The lowest BCUT2D eigenvalue weighted by molar-refractivity contribution is -0.137. The van der Waals surface area contributed by atoms with Gasteiger partial charge in [-0.15, -0.1) is 11.3 Å². The molecule has 20 heavy (non-hydrogen) atoms. The molecule has 1 nitrogen and oxygen atoms in total. The Hall–Kier alpha value is -1.33. The van der Waals surface area contributed by atoms with Gasteiger partial charge in [0.25, 0.3) is 0 Å². The van der Waals surface area contributed by atoms with Crippen LogP contribution in [0.3, 0.4) is 0 Å². The van der Waals surface area contributed by atoms with Gasteiger partial charge in [0, 0.05) is 4.88 Å². The van der Waals surface area contributed by atoms with Gasteiger partial charge in [-0.2, -0.15) is 13.2 Å². The van der Waals surface area contributed by atoms with Gasteiger partial charge >= 0.3 is 6.18 Å². The van der Waals surface area contributed by atoms with E-state index in [1.807, 2.05) is 18.4 Å². The van der Waals surface area contributed by atoms with E-state index in [1.54, 1.807) is 6.92 Å². The summed E-state index contributed by atoms with van der Waals surface area (Å²) in [6.45, 7) is 3.57. The van der Waals surface area contributed by atoms with Gasteiger partial charge in [0.15, 0.2) is 0 Å². The highest BCUT2D eigenvalue weighted by molar-refractivity contribution is 7.10. The largest absolute Gasteiger partial charge is 0.416 e. The average molecular weight is 300 g/mol. The Kier molecular flexibility index (Phi) is 4.20. The third-order valence-corrected chi connectivity index (χ3v) is 4.31. The summed E-state index contributed by atoms with van der Waals surface area (Å²) < 4.78 is 37.9. The van der Waals surface area contributed by atoms with Crippen LogP contribution in [0.2, 0.25) is 0 Å². The van der Waals surface area contributed by atoms with Crippen LogP contribution in [0.15, 0.2) is 29.6 Å². The van der Waals surface area contributed by atoms with Crippen molar-refractivity contribution in [3.63, 3.8) is 0 Å². The maximum Gasteiger partial charge on any atom is 0.416 e. The molecule has 0 aliphatic heterocycles. The van der Waals surface area contributed by atoms with Crippen LogP contribution in [0.5, 0.6) is 0 Å². The molecule has 1 aromatic carbocycles. The van der Waals surface area contributed by atoms with E-state index in [0.717, 1.165) is 29.0 Å². The minimum absolute atomic E-state index is 0.447. The smallest absolute Gasteiger partial charge is 0.383 e. The zero-order valence-electron chi connectivity index (χ0n) is 11.2. The molecule has 1 heterocycles. The van der Waals surface area contributed by atoms with E-state index >= 15 is 0 Å². The molecule has 1 N–H and O–H groups in total. The molecular weight excluding hydrogens is 285 g/mol. The maximum atomic E-state index is 12.6. The van der Waals surface area contributed by atoms with E-state index in [1.165, 1.54) is 17.4 Å². The Labute approximate surface area is 119 Å². The van der Waals surface area contributed by atoms with Crippen LogP contribution in [0.4, 0.5) is 13.2 Å². The van der Waals surface area contributed by atoms with Crippen molar-refractivity contribution < 1.29 is 18.3 Å². The molecule has 5 heteroatoms. The summed E-state index contributed by atoms with van der Waals surface area (Å²) in [5.41, 5.74) is 1.31. The van der Waals surface area contributed by atoms with E-state index in [0.29, 0.717) is 11.1 Å². The van der Waals surface area contributed by atoms with Gasteiger partial charge in [-0.3, -0.25) is 0 Å². The van der Waals surface area contributed by atoms with Gasteiger partial charge in [-0.25, -0.2) is 0 Å². The van der Waals surface area contributed by atoms with E-state index in [2.05, 4.69) is 0 Å². The minimum atomic E-state index is -4.36. The summed E-state index contributed by atoms with van der Waals surface area (Å²) in [6, 6.07) is 5.40. The molecule has 0 aliphatic rings. The normalized spacial score (nSPS) is 13.5. The zero-order valence-corrected chi connectivity index (χ0v) is 12.0. The highest BCUT2D eigenvalue weighted by Gasteiger charge is 2.31. The van der Waals surface area contributed by atoms with E-state index in [9.17, 15) is 18.3 Å². The van der Waals surface area contributed by atoms with Crippen molar-refractivity contribution in [1.29, 1.82) is 0 Å². The molecular formula is C15H15F3OS. The second kappa shape index (κ2) is 5.58. The minimum Gasteiger partial charge on any atom is -0.383 e. The van der Waals surface area contributed by atoms with Crippen molar-refractivity contribution in [2.75, 3.05) is 0 Å². The van der Waals surface area contributed by atoms with Crippen molar-refractivity contribution in [3.8, 4) is 0 Å². The second-order valence-electron chi connectivity index (χ2n) is 4.64. The van der Waals surface area contributed by atoms with Crippen molar-refractivity contribution >= 4 is 11.3 Å². The average Bonchev–Trinajstić information content (AvgIpc) is 2.85. The first-order valence-electron chi connectivity index (χ1n) is 6.26. The number of aliphatic hydroxyl groups excluding tert-OH is 1. The molecule has 0 spiro atoms. The predicted molar refractivity (Wildman–Crippen MR) is 73.9 cm³/mol. The molecule has 0 aliphatic carbocycles. The van der Waals surface area contributed by atoms with Crippen LogP contribution < -0.4 is 0 Å². The summed E-state index contributed by atoms with van der Waals surface area (Å²) in [5.74, 6) is 0. The Morgan fingerprint density at radius 2 is 1.95 bits per heavy atom. The van der Waals surface area contributed by atoms with E-state index in [4.69, 9.17) is 0 Å². The molecule has 0 saturated heterocycles. The monoisotopic (exact) mass is 300 g/mol. The van der Waals surface area contributed by atoms with Gasteiger partial charge in [0.2, 0.25) is 0 Å². The molecule has 1 atom stereocenters. The molecule has 2 aromatic rings. The van der Waals surface area contributed by atoms with Crippen molar-refractivity contribution in [1.82, 2.24) is 0 Å². The van der Waals surface area contributed by atoms with Crippen molar-refractivity contribution in [2.45, 2.75) is 32.5 Å². The third-order valence-electron chi connectivity index (χ3n) is 3.30. The Morgan fingerprint density at radius 3 is 2.50 bits per heavy atom. The van der Waals surface area contributed by atoms with Crippen LogP contribution in [0.25, 0.3) is 0 Å². The summed E-state index contributed by atoms with van der Waals surface area (Å²) in [6.07, 6.45) is -4.44. The Bertz CT molecular complexity index is 601. The van der Waals surface area contributed by atoms with Crippen LogP contribution in [0, 0.1) is 6.92 Å². The van der Waals surface area contributed by atoms with Crippen LogP contribution in [0.1, 0.15) is 40.2 Å². The number of aryl methyl sites for hydroxylation is 2.